The molecule has 1 aromatic carbocycles. The van der Waals surface area contributed by atoms with Crippen LogP contribution in [0.3, 0.4) is 0 Å². The molecule has 8 heteroatoms. The van der Waals surface area contributed by atoms with E-state index < -0.39 is 0 Å². The first-order valence-corrected chi connectivity index (χ1v) is 6.75. The van der Waals surface area contributed by atoms with E-state index in [1.807, 2.05) is 6.07 Å². The Balaban J connectivity index is 3.54. The minimum absolute atomic E-state index is 0.0795. The number of benzene rings is 1. The lowest BCUT2D eigenvalue weighted by molar-refractivity contribution is 1.35. The van der Waals surface area contributed by atoms with Crippen LogP contribution >= 0.6 is 43.5 Å². The summed E-state index contributed by atoms with van der Waals surface area (Å²) in [5.74, 6) is 0. The van der Waals surface area contributed by atoms with E-state index in [1.54, 1.807) is 24.3 Å². The van der Waals surface area contributed by atoms with Gasteiger partial charge in [-0.05, 0) is 37.9 Å². The lowest BCUT2D eigenvalue weighted by Gasteiger charge is -2.11. The molecule has 0 heterocycles. The standard InChI is InChI=1S/C12H2Br2ClN5/c13-8-1-9(14)12(7(4-18)11(8)15)20-10(5-19)6(2-16)3-17/h1,20H. The Bertz CT molecular complexity index is 755. The molecule has 0 saturated heterocycles. The fraction of sp³-hybridized carbons (Fsp3) is 0. The molecular formula is C12H2Br2ClN5. The third-order valence-electron chi connectivity index (χ3n) is 2.12. The molecule has 1 aromatic rings. The van der Waals surface area contributed by atoms with E-state index in [0.29, 0.717) is 8.95 Å². The Morgan fingerprint density at radius 2 is 1.65 bits per heavy atom. The fourth-order valence-corrected chi connectivity index (χ4v) is 2.68. The van der Waals surface area contributed by atoms with E-state index in [4.69, 9.17) is 32.6 Å². The molecule has 0 spiro atoms. The summed E-state index contributed by atoms with van der Waals surface area (Å²) in [4.78, 5) is 0. The van der Waals surface area contributed by atoms with E-state index in [0.717, 1.165) is 0 Å². The van der Waals surface area contributed by atoms with E-state index in [9.17, 15) is 0 Å². The number of hydrogen-bond acceptors (Lipinski definition) is 5. The highest BCUT2D eigenvalue weighted by Crippen LogP contribution is 2.38. The maximum absolute atomic E-state index is 9.14. The molecule has 96 valence electrons. The maximum atomic E-state index is 9.14. The smallest absolute Gasteiger partial charge is 0.163 e. The number of anilines is 1. The maximum Gasteiger partial charge on any atom is 0.163 e. The summed E-state index contributed by atoms with van der Waals surface area (Å²) < 4.78 is 0.949. The van der Waals surface area contributed by atoms with E-state index in [2.05, 4.69) is 37.2 Å². The minimum atomic E-state index is -0.387. The van der Waals surface area contributed by atoms with E-state index in [-0.39, 0.29) is 27.5 Å². The largest absolute Gasteiger partial charge is 0.343 e. The van der Waals surface area contributed by atoms with Crippen LogP contribution < -0.4 is 5.32 Å². The predicted molar refractivity (Wildman–Crippen MR) is 79.1 cm³/mol. The molecule has 20 heavy (non-hydrogen) atoms. The van der Waals surface area contributed by atoms with Gasteiger partial charge in [0.05, 0.1) is 16.3 Å². The van der Waals surface area contributed by atoms with Gasteiger partial charge in [0.15, 0.2) is 5.57 Å². The van der Waals surface area contributed by atoms with Crippen LogP contribution in [-0.2, 0) is 0 Å². The third-order valence-corrected chi connectivity index (χ3v) is 3.99. The third kappa shape index (κ3) is 3.10. The number of nitrogens with one attached hydrogen (secondary N) is 1. The Hall–Kier alpha value is -2.03. The Morgan fingerprint density at radius 1 is 1.05 bits per heavy atom. The summed E-state index contributed by atoms with van der Waals surface area (Å²) in [6.45, 7) is 0. The van der Waals surface area contributed by atoms with Crippen LogP contribution in [0.15, 0.2) is 26.3 Å². The summed E-state index contributed by atoms with van der Waals surface area (Å²) in [5, 5.41) is 38.4. The van der Waals surface area contributed by atoms with Gasteiger partial charge < -0.3 is 5.32 Å². The summed E-state index contributed by atoms with van der Waals surface area (Å²) in [5.41, 5.74) is -0.357. The summed E-state index contributed by atoms with van der Waals surface area (Å²) in [7, 11) is 0. The van der Waals surface area contributed by atoms with Gasteiger partial charge in [-0.2, -0.15) is 21.0 Å². The second-order valence-electron chi connectivity index (χ2n) is 3.23. The van der Waals surface area contributed by atoms with Crippen LogP contribution in [0.25, 0.3) is 0 Å². The van der Waals surface area contributed by atoms with Crippen molar-refractivity contribution in [3.63, 3.8) is 0 Å². The minimum Gasteiger partial charge on any atom is -0.343 e. The highest BCUT2D eigenvalue weighted by Gasteiger charge is 2.17. The van der Waals surface area contributed by atoms with Crippen molar-refractivity contribution >= 4 is 49.1 Å². The van der Waals surface area contributed by atoms with Crippen LogP contribution in [0.4, 0.5) is 5.69 Å². The molecule has 0 aromatic heterocycles. The molecule has 0 aliphatic rings. The molecule has 1 rings (SSSR count). The highest BCUT2D eigenvalue weighted by molar-refractivity contribution is 9.11. The average molecular weight is 411 g/mol. The molecule has 0 fully saturated rings. The van der Waals surface area contributed by atoms with Crippen molar-refractivity contribution < 1.29 is 0 Å². The monoisotopic (exact) mass is 409 g/mol. The van der Waals surface area contributed by atoms with Gasteiger partial charge in [0.1, 0.15) is 30.0 Å². The molecule has 0 radical (unpaired) electrons. The van der Waals surface area contributed by atoms with Gasteiger partial charge in [-0.25, -0.2) is 0 Å². The molecular weight excluding hydrogens is 409 g/mol. The first-order chi connectivity index (χ1) is 9.49. The predicted octanol–water partition coefficient (Wildman–Crippen LogP) is 3.97. The molecule has 0 atom stereocenters. The van der Waals surface area contributed by atoms with Gasteiger partial charge in [0.25, 0.3) is 0 Å². The van der Waals surface area contributed by atoms with Gasteiger partial charge in [0.2, 0.25) is 0 Å². The fourth-order valence-electron chi connectivity index (χ4n) is 1.23. The summed E-state index contributed by atoms with van der Waals surface area (Å²) >= 11 is 12.4. The van der Waals surface area contributed by atoms with Crippen molar-refractivity contribution in [3.05, 3.63) is 36.9 Å². The zero-order chi connectivity index (χ0) is 15.3. The molecule has 1 N–H and O–H groups in total. The molecule has 0 amide bonds. The van der Waals surface area contributed by atoms with Gasteiger partial charge in [-0.1, -0.05) is 11.6 Å². The topological polar surface area (TPSA) is 107 Å². The molecule has 0 bridgehead atoms. The highest BCUT2D eigenvalue weighted by atomic mass is 79.9. The van der Waals surface area contributed by atoms with Crippen molar-refractivity contribution in [1.82, 2.24) is 0 Å². The quantitative estimate of drug-likeness (QED) is 0.585. The van der Waals surface area contributed by atoms with Crippen LogP contribution in [-0.4, -0.2) is 0 Å². The van der Waals surface area contributed by atoms with Crippen molar-refractivity contribution in [2.75, 3.05) is 5.32 Å². The number of allylic oxidation sites excluding steroid dienone is 2. The lowest BCUT2D eigenvalue weighted by atomic mass is 10.1. The molecule has 0 aliphatic carbocycles. The number of hydrogen-bond donors (Lipinski definition) is 1. The zero-order valence-electron chi connectivity index (χ0n) is 9.50. The molecule has 0 saturated carbocycles. The number of halogens is 3. The van der Waals surface area contributed by atoms with Gasteiger partial charge in [-0.3, -0.25) is 0 Å². The Labute approximate surface area is 136 Å². The second-order valence-corrected chi connectivity index (χ2v) is 5.31. The SMILES string of the molecule is N#CC(C#N)=C(C#N)Nc1c(Br)cc(Br)c(Cl)c1C#N. The van der Waals surface area contributed by atoms with Crippen LogP contribution in [0.1, 0.15) is 5.56 Å². The number of nitriles is 4. The van der Waals surface area contributed by atoms with Crippen LogP contribution in [0.2, 0.25) is 5.02 Å². The zero-order valence-corrected chi connectivity index (χ0v) is 13.4. The van der Waals surface area contributed by atoms with Crippen molar-refractivity contribution in [2.45, 2.75) is 0 Å². The molecule has 0 unspecified atom stereocenters. The molecule has 5 nitrogen and oxygen atoms in total. The number of rotatable bonds is 2. The Morgan fingerprint density at radius 3 is 2.10 bits per heavy atom. The molecule has 0 aliphatic heterocycles. The second kappa shape index (κ2) is 6.94. The normalized spacial score (nSPS) is 8.55. The van der Waals surface area contributed by atoms with Crippen molar-refractivity contribution in [3.8, 4) is 24.3 Å². The lowest BCUT2D eigenvalue weighted by Crippen LogP contribution is -2.04. The number of nitrogens with zero attached hydrogens (tertiary/aromatic N) is 4. The van der Waals surface area contributed by atoms with Crippen molar-refractivity contribution in [1.29, 1.82) is 21.0 Å². The first kappa shape index (κ1) is 16.0. The van der Waals surface area contributed by atoms with Crippen LogP contribution in [0.5, 0.6) is 0 Å². The van der Waals surface area contributed by atoms with Gasteiger partial charge in [-0.15, -0.1) is 0 Å². The summed E-state index contributed by atoms with van der Waals surface area (Å²) in [6.07, 6.45) is 0. The van der Waals surface area contributed by atoms with Crippen molar-refractivity contribution in [2.24, 2.45) is 0 Å². The van der Waals surface area contributed by atoms with E-state index in [1.165, 1.54) is 0 Å². The van der Waals surface area contributed by atoms with Gasteiger partial charge >= 0.3 is 0 Å². The van der Waals surface area contributed by atoms with E-state index >= 15 is 0 Å². The van der Waals surface area contributed by atoms with Gasteiger partial charge in [0, 0.05) is 8.95 Å². The van der Waals surface area contributed by atoms with Crippen LogP contribution in [0, 0.1) is 45.3 Å². The average Bonchev–Trinajstić information content (AvgIpc) is 2.44. The Kier molecular flexibility index (Phi) is 5.56. The summed E-state index contributed by atoms with van der Waals surface area (Å²) in [6, 6.07) is 8.38. The first-order valence-electron chi connectivity index (χ1n) is 4.79.